The summed E-state index contributed by atoms with van der Waals surface area (Å²) in [6.45, 7) is 2.15. The Morgan fingerprint density at radius 1 is 1.26 bits per heavy atom. The number of nitrogens with one attached hydrogen (secondary N) is 1. The van der Waals surface area contributed by atoms with E-state index in [0.717, 1.165) is 15.6 Å². The van der Waals surface area contributed by atoms with Crippen molar-refractivity contribution in [2.24, 2.45) is 0 Å². The van der Waals surface area contributed by atoms with Crippen LogP contribution in [0.5, 0.6) is 0 Å². The van der Waals surface area contributed by atoms with Gasteiger partial charge >= 0.3 is 0 Å². The Labute approximate surface area is 141 Å². The minimum absolute atomic E-state index is 0.217. The molecule has 0 fully saturated rings. The fourth-order valence-corrected chi connectivity index (χ4v) is 2.47. The number of amides is 1. The summed E-state index contributed by atoms with van der Waals surface area (Å²) < 4.78 is 6.31. The van der Waals surface area contributed by atoms with Gasteiger partial charge in [0.1, 0.15) is 5.56 Å². The first-order valence-corrected chi connectivity index (χ1v) is 7.84. The van der Waals surface area contributed by atoms with Crippen LogP contribution in [0.3, 0.4) is 0 Å². The summed E-state index contributed by atoms with van der Waals surface area (Å²) in [6, 6.07) is 11.3. The van der Waals surface area contributed by atoms with Gasteiger partial charge in [0.05, 0.1) is 5.69 Å². The van der Waals surface area contributed by atoms with E-state index in [1.807, 2.05) is 36.4 Å². The molecule has 1 N–H and O–H groups in total. The molecule has 0 unspecified atom stereocenters. The SMILES string of the molecule is Cc1noc(-c2ccc(Br)cc2)c1C(=O)NCc1cccnc1. The highest BCUT2D eigenvalue weighted by Gasteiger charge is 2.21. The Morgan fingerprint density at radius 3 is 2.74 bits per heavy atom. The number of rotatable bonds is 4. The third-order valence-corrected chi connectivity index (χ3v) is 3.90. The molecule has 0 atom stereocenters. The highest BCUT2D eigenvalue weighted by atomic mass is 79.9. The van der Waals surface area contributed by atoms with Crippen LogP contribution in [-0.4, -0.2) is 16.0 Å². The lowest BCUT2D eigenvalue weighted by Crippen LogP contribution is -2.23. The molecule has 2 heterocycles. The van der Waals surface area contributed by atoms with E-state index in [0.29, 0.717) is 23.6 Å². The molecule has 0 bridgehead atoms. The minimum atomic E-state index is -0.217. The highest BCUT2D eigenvalue weighted by Crippen LogP contribution is 2.27. The van der Waals surface area contributed by atoms with E-state index in [1.54, 1.807) is 19.3 Å². The number of hydrogen-bond donors (Lipinski definition) is 1. The van der Waals surface area contributed by atoms with E-state index in [1.165, 1.54) is 0 Å². The molecular weight excluding hydrogens is 358 g/mol. The van der Waals surface area contributed by atoms with Gasteiger partial charge in [-0.3, -0.25) is 9.78 Å². The van der Waals surface area contributed by atoms with Crippen LogP contribution >= 0.6 is 15.9 Å². The number of benzene rings is 1. The van der Waals surface area contributed by atoms with Gasteiger partial charge in [-0.25, -0.2) is 0 Å². The zero-order valence-corrected chi connectivity index (χ0v) is 14.0. The molecule has 2 aromatic heterocycles. The van der Waals surface area contributed by atoms with Gasteiger partial charge in [-0.15, -0.1) is 0 Å². The van der Waals surface area contributed by atoms with Crippen LogP contribution in [0.25, 0.3) is 11.3 Å². The number of halogens is 1. The van der Waals surface area contributed by atoms with Crippen molar-refractivity contribution in [1.82, 2.24) is 15.5 Å². The van der Waals surface area contributed by atoms with Crippen LogP contribution in [0.15, 0.2) is 57.8 Å². The second-order valence-corrected chi connectivity index (χ2v) is 5.94. The number of aromatic nitrogens is 2. The Morgan fingerprint density at radius 2 is 2.04 bits per heavy atom. The molecule has 1 amide bonds. The Hall–Kier alpha value is -2.47. The van der Waals surface area contributed by atoms with Crippen molar-refractivity contribution >= 4 is 21.8 Å². The molecule has 0 spiro atoms. The van der Waals surface area contributed by atoms with Crippen LogP contribution in [0.2, 0.25) is 0 Å². The molecular formula is C17H14BrN3O2. The van der Waals surface area contributed by atoms with Crippen molar-refractivity contribution in [3.05, 3.63) is 70.1 Å². The first kappa shape index (κ1) is 15.4. The fraction of sp³-hybridized carbons (Fsp3) is 0.118. The van der Waals surface area contributed by atoms with Crippen molar-refractivity contribution in [3.8, 4) is 11.3 Å². The first-order chi connectivity index (χ1) is 11.1. The molecule has 0 saturated carbocycles. The van der Waals surface area contributed by atoms with E-state index in [2.05, 4.69) is 31.4 Å². The maximum absolute atomic E-state index is 12.5. The lowest BCUT2D eigenvalue weighted by Gasteiger charge is -2.06. The monoisotopic (exact) mass is 371 g/mol. The molecule has 0 aliphatic heterocycles. The number of nitrogens with zero attached hydrogens (tertiary/aromatic N) is 2. The van der Waals surface area contributed by atoms with Crippen LogP contribution in [0.1, 0.15) is 21.6 Å². The Balaban J connectivity index is 1.83. The van der Waals surface area contributed by atoms with Gasteiger partial charge in [-0.1, -0.05) is 27.2 Å². The van der Waals surface area contributed by atoms with Crippen molar-refractivity contribution in [2.75, 3.05) is 0 Å². The molecule has 0 aliphatic carbocycles. The maximum Gasteiger partial charge on any atom is 0.257 e. The summed E-state index contributed by atoms with van der Waals surface area (Å²) >= 11 is 3.39. The third-order valence-electron chi connectivity index (χ3n) is 3.37. The molecule has 0 saturated heterocycles. The van der Waals surface area contributed by atoms with Crippen molar-refractivity contribution in [1.29, 1.82) is 0 Å². The zero-order valence-electron chi connectivity index (χ0n) is 12.4. The molecule has 23 heavy (non-hydrogen) atoms. The topological polar surface area (TPSA) is 68.0 Å². The maximum atomic E-state index is 12.5. The highest BCUT2D eigenvalue weighted by molar-refractivity contribution is 9.10. The van der Waals surface area contributed by atoms with Crippen molar-refractivity contribution in [3.63, 3.8) is 0 Å². The quantitative estimate of drug-likeness (QED) is 0.758. The Bertz CT molecular complexity index is 814. The predicted molar refractivity (Wildman–Crippen MR) is 89.8 cm³/mol. The van der Waals surface area contributed by atoms with Gasteiger partial charge in [-0.2, -0.15) is 0 Å². The Kier molecular flexibility index (Phi) is 4.52. The van der Waals surface area contributed by atoms with Crippen LogP contribution < -0.4 is 5.32 Å². The van der Waals surface area contributed by atoms with Gasteiger partial charge in [-0.05, 0) is 42.8 Å². The van der Waals surface area contributed by atoms with Gasteiger partial charge in [0, 0.05) is 29.0 Å². The fourth-order valence-electron chi connectivity index (χ4n) is 2.21. The largest absolute Gasteiger partial charge is 0.355 e. The van der Waals surface area contributed by atoms with Crippen LogP contribution in [-0.2, 0) is 6.54 Å². The summed E-state index contributed by atoms with van der Waals surface area (Å²) in [6.07, 6.45) is 3.41. The summed E-state index contributed by atoms with van der Waals surface area (Å²) in [7, 11) is 0. The summed E-state index contributed by atoms with van der Waals surface area (Å²) in [5, 5.41) is 6.81. The van der Waals surface area contributed by atoms with E-state index < -0.39 is 0 Å². The van der Waals surface area contributed by atoms with E-state index in [9.17, 15) is 4.79 Å². The number of pyridine rings is 1. The smallest absolute Gasteiger partial charge is 0.257 e. The summed E-state index contributed by atoms with van der Waals surface area (Å²) in [4.78, 5) is 16.5. The second kappa shape index (κ2) is 6.75. The third kappa shape index (κ3) is 3.48. The zero-order chi connectivity index (χ0) is 16.2. The van der Waals surface area contributed by atoms with Gasteiger partial charge in [0.2, 0.25) is 0 Å². The van der Waals surface area contributed by atoms with Crippen LogP contribution in [0, 0.1) is 6.92 Å². The summed E-state index contributed by atoms with van der Waals surface area (Å²) in [5.74, 6) is 0.254. The molecule has 0 radical (unpaired) electrons. The molecule has 5 nitrogen and oxygen atoms in total. The predicted octanol–water partition coefficient (Wildman–Crippen LogP) is 3.74. The first-order valence-electron chi connectivity index (χ1n) is 7.04. The molecule has 3 aromatic rings. The minimum Gasteiger partial charge on any atom is -0.355 e. The van der Waals surface area contributed by atoms with Crippen molar-refractivity contribution < 1.29 is 9.32 Å². The van der Waals surface area contributed by atoms with E-state index >= 15 is 0 Å². The molecule has 1 aromatic carbocycles. The standard InChI is InChI=1S/C17H14BrN3O2/c1-11-15(17(22)20-10-12-3-2-8-19-9-12)16(23-21-11)13-4-6-14(18)7-5-13/h2-9H,10H2,1H3,(H,20,22). The average Bonchev–Trinajstić information content (AvgIpc) is 2.96. The van der Waals surface area contributed by atoms with E-state index in [-0.39, 0.29) is 5.91 Å². The van der Waals surface area contributed by atoms with Crippen LogP contribution in [0.4, 0.5) is 0 Å². The lowest BCUT2D eigenvalue weighted by atomic mass is 10.1. The molecule has 0 aliphatic rings. The number of aryl methyl sites for hydroxylation is 1. The number of carbonyl (C=O) groups is 1. The number of hydrogen-bond acceptors (Lipinski definition) is 4. The van der Waals surface area contributed by atoms with Gasteiger partial charge in [0.25, 0.3) is 5.91 Å². The normalized spacial score (nSPS) is 10.5. The average molecular weight is 372 g/mol. The molecule has 3 rings (SSSR count). The van der Waals surface area contributed by atoms with Gasteiger partial charge in [0.15, 0.2) is 5.76 Å². The lowest BCUT2D eigenvalue weighted by molar-refractivity contribution is 0.0950. The second-order valence-electron chi connectivity index (χ2n) is 5.02. The van der Waals surface area contributed by atoms with E-state index in [4.69, 9.17) is 4.52 Å². The van der Waals surface area contributed by atoms with Gasteiger partial charge < -0.3 is 9.84 Å². The van der Waals surface area contributed by atoms with Crippen molar-refractivity contribution in [2.45, 2.75) is 13.5 Å². The molecule has 6 heteroatoms. The summed E-state index contributed by atoms with van der Waals surface area (Å²) in [5.41, 5.74) is 2.75. The number of carbonyl (C=O) groups excluding carboxylic acids is 1. The molecule has 116 valence electrons.